The molecule has 94 valence electrons. The lowest BCUT2D eigenvalue weighted by atomic mass is 10.0. The maximum Gasteiger partial charge on any atom is 0.0331 e. The summed E-state index contributed by atoms with van der Waals surface area (Å²) >= 11 is 7.16. The number of halogens is 2. The number of hydrogen-bond acceptors (Lipinski definition) is 1. The van der Waals surface area contributed by atoms with E-state index in [1.54, 1.807) is 0 Å². The maximum absolute atomic E-state index is 3.77. The maximum atomic E-state index is 3.77. The summed E-state index contributed by atoms with van der Waals surface area (Å²) < 4.78 is 2.30. The van der Waals surface area contributed by atoms with Crippen molar-refractivity contribution >= 4 is 31.9 Å². The summed E-state index contributed by atoms with van der Waals surface area (Å²) in [5, 5.41) is 3.54. The Morgan fingerprint density at radius 1 is 1.41 bits per heavy atom. The van der Waals surface area contributed by atoms with Crippen LogP contribution >= 0.6 is 31.9 Å². The second-order valence-electron chi connectivity index (χ2n) is 4.00. The normalized spacial score (nSPS) is 12.4. The molecule has 0 heterocycles. The Morgan fingerprint density at radius 2 is 2.18 bits per heavy atom. The SMILES string of the molecule is C=CCCCC(NCC)c1cc(Br)ccc1Br. The molecule has 0 saturated heterocycles. The molecule has 1 nitrogen and oxygen atoms in total. The van der Waals surface area contributed by atoms with Crippen molar-refractivity contribution < 1.29 is 0 Å². The van der Waals surface area contributed by atoms with Gasteiger partial charge in [0.05, 0.1) is 0 Å². The summed E-state index contributed by atoms with van der Waals surface area (Å²) in [7, 11) is 0. The van der Waals surface area contributed by atoms with Gasteiger partial charge in [0.1, 0.15) is 0 Å². The Hall–Kier alpha value is -0.120. The van der Waals surface area contributed by atoms with Crippen LogP contribution < -0.4 is 5.32 Å². The Morgan fingerprint density at radius 3 is 2.82 bits per heavy atom. The molecule has 0 radical (unpaired) electrons. The van der Waals surface area contributed by atoms with Gasteiger partial charge in [0.15, 0.2) is 0 Å². The molecule has 0 amide bonds. The van der Waals surface area contributed by atoms with E-state index in [4.69, 9.17) is 0 Å². The number of hydrogen-bond donors (Lipinski definition) is 1. The van der Waals surface area contributed by atoms with E-state index in [2.05, 4.69) is 68.9 Å². The van der Waals surface area contributed by atoms with Crippen LogP contribution in [0.5, 0.6) is 0 Å². The minimum absolute atomic E-state index is 0.409. The molecule has 0 bridgehead atoms. The van der Waals surface area contributed by atoms with Gasteiger partial charge in [-0.3, -0.25) is 0 Å². The Kier molecular flexibility index (Phi) is 7.09. The fourth-order valence-electron chi connectivity index (χ4n) is 1.86. The summed E-state index contributed by atoms with van der Waals surface area (Å²) in [6, 6.07) is 6.75. The van der Waals surface area contributed by atoms with Crippen molar-refractivity contribution in [2.45, 2.75) is 32.2 Å². The van der Waals surface area contributed by atoms with Crippen LogP contribution in [0, 0.1) is 0 Å². The lowest BCUT2D eigenvalue weighted by Crippen LogP contribution is -2.21. The van der Waals surface area contributed by atoms with Crippen molar-refractivity contribution in [2.75, 3.05) is 6.54 Å². The molecule has 0 aliphatic heterocycles. The highest BCUT2D eigenvalue weighted by molar-refractivity contribution is 9.11. The highest BCUT2D eigenvalue weighted by Crippen LogP contribution is 2.29. The van der Waals surface area contributed by atoms with E-state index < -0.39 is 0 Å². The first-order valence-corrected chi connectivity index (χ1v) is 7.56. The fraction of sp³-hybridized carbons (Fsp3) is 0.429. The van der Waals surface area contributed by atoms with Gasteiger partial charge in [0, 0.05) is 15.0 Å². The molecule has 0 aliphatic rings. The van der Waals surface area contributed by atoms with Crippen LogP contribution in [0.15, 0.2) is 39.8 Å². The first-order valence-electron chi connectivity index (χ1n) is 5.98. The molecule has 0 saturated carbocycles. The molecule has 0 aliphatic carbocycles. The molecule has 1 aromatic rings. The molecule has 3 heteroatoms. The van der Waals surface area contributed by atoms with E-state index in [0.717, 1.165) is 23.9 Å². The van der Waals surface area contributed by atoms with Gasteiger partial charge in [-0.1, -0.05) is 44.9 Å². The van der Waals surface area contributed by atoms with Crippen molar-refractivity contribution in [1.29, 1.82) is 0 Å². The lowest BCUT2D eigenvalue weighted by molar-refractivity contribution is 0.498. The summed E-state index contributed by atoms with van der Waals surface area (Å²) in [4.78, 5) is 0. The Bertz CT molecular complexity index is 363. The van der Waals surface area contributed by atoms with Crippen molar-refractivity contribution in [3.63, 3.8) is 0 Å². The van der Waals surface area contributed by atoms with Crippen LogP contribution in [-0.2, 0) is 0 Å². The van der Waals surface area contributed by atoms with E-state index in [1.807, 2.05) is 6.08 Å². The average molecular weight is 361 g/mol. The van der Waals surface area contributed by atoms with Crippen molar-refractivity contribution in [3.8, 4) is 0 Å². The van der Waals surface area contributed by atoms with Gasteiger partial charge in [0.25, 0.3) is 0 Å². The van der Waals surface area contributed by atoms with Gasteiger partial charge in [0.2, 0.25) is 0 Å². The topological polar surface area (TPSA) is 12.0 Å². The highest BCUT2D eigenvalue weighted by atomic mass is 79.9. The monoisotopic (exact) mass is 359 g/mol. The zero-order valence-electron chi connectivity index (χ0n) is 10.2. The third kappa shape index (κ3) is 4.94. The van der Waals surface area contributed by atoms with Crippen molar-refractivity contribution in [1.82, 2.24) is 5.32 Å². The molecule has 17 heavy (non-hydrogen) atoms. The number of nitrogens with one attached hydrogen (secondary N) is 1. The predicted octanol–water partition coefficient (Wildman–Crippen LogP) is 5.22. The summed E-state index contributed by atoms with van der Waals surface area (Å²) in [6.07, 6.45) is 5.36. The summed E-state index contributed by atoms with van der Waals surface area (Å²) in [5.41, 5.74) is 1.32. The minimum Gasteiger partial charge on any atom is -0.310 e. The molecule has 0 aromatic heterocycles. The quantitative estimate of drug-likeness (QED) is 0.519. The van der Waals surface area contributed by atoms with Crippen LogP contribution in [0.3, 0.4) is 0 Å². The molecule has 0 fully saturated rings. The van der Waals surface area contributed by atoms with Gasteiger partial charge in [-0.05, 0) is 49.6 Å². The second kappa shape index (κ2) is 8.06. The van der Waals surface area contributed by atoms with Gasteiger partial charge >= 0.3 is 0 Å². The zero-order valence-corrected chi connectivity index (χ0v) is 13.4. The predicted molar refractivity (Wildman–Crippen MR) is 82.3 cm³/mol. The van der Waals surface area contributed by atoms with E-state index in [9.17, 15) is 0 Å². The number of unbranched alkanes of at least 4 members (excludes halogenated alkanes) is 1. The van der Waals surface area contributed by atoms with Gasteiger partial charge in [-0.15, -0.1) is 6.58 Å². The number of allylic oxidation sites excluding steroid dienone is 1. The molecule has 0 spiro atoms. The smallest absolute Gasteiger partial charge is 0.0331 e. The fourth-order valence-corrected chi connectivity index (χ4v) is 2.76. The van der Waals surface area contributed by atoms with E-state index >= 15 is 0 Å². The van der Waals surface area contributed by atoms with Crippen LogP contribution in [0.25, 0.3) is 0 Å². The summed E-state index contributed by atoms with van der Waals surface area (Å²) in [6.45, 7) is 6.90. The Labute approximate surface area is 121 Å². The first-order chi connectivity index (χ1) is 8.19. The zero-order chi connectivity index (χ0) is 12.7. The minimum atomic E-state index is 0.409. The third-order valence-electron chi connectivity index (χ3n) is 2.69. The van der Waals surface area contributed by atoms with Gasteiger partial charge in [-0.2, -0.15) is 0 Å². The second-order valence-corrected chi connectivity index (χ2v) is 5.77. The molecule has 1 aromatic carbocycles. The standard InChI is InChI=1S/C14H19Br2N/c1-3-5-6-7-14(17-4-2)12-10-11(15)8-9-13(12)16/h3,8-10,14,17H,1,4-7H2,2H3. The van der Waals surface area contributed by atoms with Crippen molar-refractivity contribution in [2.24, 2.45) is 0 Å². The molecular weight excluding hydrogens is 342 g/mol. The summed E-state index contributed by atoms with van der Waals surface area (Å²) in [5.74, 6) is 0. The molecule has 1 atom stereocenters. The number of benzene rings is 1. The average Bonchev–Trinajstić information content (AvgIpc) is 2.32. The first kappa shape index (κ1) is 14.9. The highest BCUT2D eigenvalue weighted by Gasteiger charge is 2.13. The van der Waals surface area contributed by atoms with E-state index in [-0.39, 0.29) is 0 Å². The van der Waals surface area contributed by atoms with Gasteiger partial charge in [-0.25, -0.2) is 0 Å². The van der Waals surface area contributed by atoms with Crippen LogP contribution in [0.2, 0.25) is 0 Å². The van der Waals surface area contributed by atoms with Crippen molar-refractivity contribution in [3.05, 3.63) is 45.4 Å². The molecule has 1 unspecified atom stereocenters. The van der Waals surface area contributed by atoms with Crippen LogP contribution in [0.1, 0.15) is 37.8 Å². The Balaban J connectivity index is 2.80. The molecule has 1 rings (SSSR count). The van der Waals surface area contributed by atoms with E-state index in [1.165, 1.54) is 16.5 Å². The third-order valence-corrected chi connectivity index (χ3v) is 3.90. The largest absolute Gasteiger partial charge is 0.310 e. The van der Waals surface area contributed by atoms with Crippen LogP contribution in [-0.4, -0.2) is 6.54 Å². The molecule has 1 N–H and O–H groups in total. The van der Waals surface area contributed by atoms with Gasteiger partial charge < -0.3 is 5.32 Å². The van der Waals surface area contributed by atoms with Crippen LogP contribution in [0.4, 0.5) is 0 Å². The number of rotatable bonds is 7. The van der Waals surface area contributed by atoms with E-state index in [0.29, 0.717) is 6.04 Å². The molecular formula is C14H19Br2N. The lowest BCUT2D eigenvalue weighted by Gasteiger charge is -2.19.